The first-order chi connectivity index (χ1) is 2.83. The molecule has 0 rings (SSSR count). The summed E-state index contributed by atoms with van der Waals surface area (Å²) in [5, 5.41) is 33.0. The van der Waals surface area contributed by atoms with Gasteiger partial charge in [-0.15, -0.1) is 0 Å². The fourth-order valence-corrected chi connectivity index (χ4v) is 0. The Labute approximate surface area is 110 Å². The van der Waals surface area contributed by atoms with Crippen LogP contribution in [0.25, 0.3) is 0 Å². The van der Waals surface area contributed by atoms with Crippen molar-refractivity contribution in [3.05, 3.63) is 0 Å². The van der Waals surface area contributed by atoms with Crippen molar-refractivity contribution in [3.8, 4) is 0 Å². The predicted octanol–water partition coefficient (Wildman–Crippen LogP) is -17.5. The standard InChI is InChI=1S/2BO2.4Li/c2*2-1-3;;;;/q2*-2;4*+1. The van der Waals surface area contributed by atoms with E-state index in [2.05, 4.69) is 0 Å². The minimum absolute atomic E-state index is 0. The summed E-state index contributed by atoms with van der Waals surface area (Å²) in [4.78, 5) is 0. The zero-order chi connectivity index (χ0) is 5.41. The van der Waals surface area contributed by atoms with Gasteiger partial charge in [-0.1, -0.05) is 0 Å². The van der Waals surface area contributed by atoms with E-state index in [4.69, 9.17) is 20.1 Å². The minimum atomic E-state index is -0.500. The van der Waals surface area contributed by atoms with Gasteiger partial charge in [-0.05, 0) is 0 Å². The van der Waals surface area contributed by atoms with Crippen molar-refractivity contribution in [3.63, 3.8) is 0 Å². The van der Waals surface area contributed by atoms with Gasteiger partial charge in [0, 0.05) is 0 Å². The Balaban J connectivity index is -0.00000000571. The van der Waals surface area contributed by atoms with E-state index < -0.39 is 15.4 Å². The molecule has 0 aliphatic heterocycles. The van der Waals surface area contributed by atoms with Crippen LogP contribution in [0.15, 0.2) is 0 Å². The monoisotopic (exact) mass is 114 g/mol. The molecule has 10 heavy (non-hydrogen) atoms. The summed E-state index contributed by atoms with van der Waals surface area (Å²) in [5.41, 5.74) is 0. The summed E-state index contributed by atoms with van der Waals surface area (Å²) in [6.45, 7) is 0. The second kappa shape index (κ2) is 64.1. The Morgan fingerprint density at radius 1 is 0.500 bits per heavy atom. The second-order valence-electron chi connectivity index (χ2n) is 0.192. The summed E-state index contributed by atoms with van der Waals surface area (Å²) >= 11 is 0. The SMILES string of the molecule is [Li+].[Li+].[Li+].[Li+].[O-][B][O-].[O-][B][O-]. The Kier molecular flexibility index (Phi) is 253. The molecule has 0 N–H and O–H groups in total. The molecule has 0 aliphatic rings. The van der Waals surface area contributed by atoms with Crippen molar-refractivity contribution in [1.29, 1.82) is 0 Å². The third-order valence-corrected chi connectivity index (χ3v) is 0. The van der Waals surface area contributed by atoms with E-state index in [1.807, 2.05) is 0 Å². The molecule has 0 spiro atoms. The molecule has 0 aromatic heterocycles. The summed E-state index contributed by atoms with van der Waals surface area (Å²) in [7, 11) is -1.00. The van der Waals surface area contributed by atoms with Gasteiger partial charge in [-0.3, -0.25) is 0 Å². The smallest absolute Gasteiger partial charge is 0.900 e. The van der Waals surface area contributed by atoms with Crippen LogP contribution in [-0.2, 0) is 0 Å². The zero-order valence-corrected chi connectivity index (χ0v) is 6.79. The van der Waals surface area contributed by atoms with Gasteiger partial charge in [0.1, 0.15) is 0 Å². The summed E-state index contributed by atoms with van der Waals surface area (Å²) < 4.78 is 0. The molecule has 0 unspecified atom stereocenters. The summed E-state index contributed by atoms with van der Waals surface area (Å²) in [6, 6.07) is 0. The molecule has 2 radical (unpaired) electrons. The maximum atomic E-state index is 8.25. The second-order valence-corrected chi connectivity index (χ2v) is 0.192. The van der Waals surface area contributed by atoms with Gasteiger partial charge >= 0.3 is 75.4 Å². The number of hydrogen-bond acceptors (Lipinski definition) is 4. The van der Waals surface area contributed by atoms with Crippen molar-refractivity contribution in [2.75, 3.05) is 0 Å². The van der Waals surface area contributed by atoms with E-state index in [0.29, 0.717) is 0 Å². The van der Waals surface area contributed by atoms with E-state index in [9.17, 15) is 0 Å². The van der Waals surface area contributed by atoms with Gasteiger partial charge in [0.15, 0.2) is 0 Å². The normalized spacial score (nSPS) is 2.80. The molecule has 34 valence electrons. The van der Waals surface area contributed by atoms with E-state index in [-0.39, 0.29) is 75.4 Å². The average molecular weight is 113 g/mol. The number of hydrogen-bond donors (Lipinski definition) is 0. The third-order valence-electron chi connectivity index (χ3n) is 0. The Hall–Kier alpha value is 2.36. The molecule has 0 heterocycles. The quantitative estimate of drug-likeness (QED) is 0.292. The molecule has 4 nitrogen and oxygen atoms in total. The largest absolute Gasteiger partial charge is 1.00 e. The van der Waals surface area contributed by atoms with Crippen molar-refractivity contribution in [2.45, 2.75) is 0 Å². The first-order valence-electron chi connectivity index (χ1n) is 0.943. The van der Waals surface area contributed by atoms with Crippen LogP contribution in [0.4, 0.5) is 0 Å². The van der Waals surface area contributed by atoms with Gasteiger partial charge in [-0.2, -0.15) is 0 Å². The van der Waals surface area contributed by atoms with Crippen LogP contribution in [0.2, 0.25) is 0 Å². The molecule has 0 fully saturated rings. The van der Waals surface area contributed by atoms with Gasteiger partial charge in [0.25, 0.3) is 0 Å². The average Bonchev–Trinajstić information content (AvgIpc) is 1.39. The van der Waals surface area contributed by atoms with Crippen molar-refractivity contribution < 1.29 is 95.5 Å². The van der Waals surface area contributed by atoms with Crippen LogP contribution >= 0.6 is 0 Å². The zero-order valence-electron chi connectivity index (χ0n) is 6.79. The van der Waals surface area contributed by atoms with Gasteiger partial charge in [0.05, 0.1) is 0 Å². The molecular weight excluding hydrogens is 113 g/mol. The van der Waals surface area contributed by atoms with Gasteiger partial charge < -0.3 is 20.1 Å². The predicted molar refractivity (Wildman–Crippen MR) is 11.5 cm³/mol. The Morgan fingerprint density at radius 2 is 0.500 bits per heavy atom. The Morgan fingerprint density at radius 3 is 0.500 bits per heavy atom. The maximum Gasteiger partial charge on any atom is 1.00 e. The molecule has 0 aliphatic carbocycles. The van der Waals surface area contributed by atoms with Crippen molar-refractivity contribution in [2.24, 2.45) is 0 Å². The molecule has 0 amide bonds. The number of rotatable bonds is 0. The molecule has 0 bridgehead atoms. The molecular formula is B2Li4O4. The molecule has 0 saturated carbocycles. The fourth-order valence-electron chi connectivity index (χ4n) is 0. The van der Waals surface area contributed by atoms with Gasteiger partial charge in [-0.25, -0.2) is 15.4 Å². The minimum Gasteiger partial charge on any atom is -0.900 e. The van der Waals surface area contributed by atoms with E-state index >= 15 is 0 Å². The van der Waals surface area contributed by atoms with Crippen molar-refractivity contribution >= 4 is 15.4 Å². The van der Waals surface area contributed by atoms with E-state index in [1.165, 1.54) is 0 Å². The third kappa shape index (κ3) is 163. The molecule has 0 saturated heterocycles. The maximum absolute atomic E-state index is 8.25. The van der Waals surface area contributed by atoms with Crippen LogP contribution in [0.1, 0.15) is 0 Å². The van der Waals surface area contributed by atoms with Crippen LogP contribution in [0.3, 0.4) is 0 Å². The molecule has 0 aromatic carbocycles. The van der Waals surface area contributed by atoms with Crippen LogP contribution in [-0.4, -0.2) is 15.4 Å². The van der Waals surface area contributed by atoms with Gasteiger partial charge in [0.2, 0.25) is 0 Å². The van der Waals surface area contributed by atoms with Crippen LogP contribution < -0.4 is 95.5 Å². The first kappa shape index (κ1) is 39.4. The molecule has 10 heteroatoms. The fraction of sp³-hybridized carbons (Fsp3) is 0. The molecule has 0 atom stereocenters. The van der Waals surface area contributed by atoms with Crippen LogP contribution in [0.5, 0.6) is 0 Å². The van der Waals surface area contributed by atoms with E-state index in [1.54, 1.807) is 0 Å². The Bertz CT molecular complexity index is 17.2. The molecule has 0 aromatic rings. The summed E-state index contributed by atoms with van der Waals surface area (Å²) in [5.74, 6) is 0. The van der Waals surface area contributed by atoms with Crippen LogP contribution in [0, 0.1) is 0 Å². The van der Waals surface area contributed by atoms with Crippen molar-refractivity contribution in [1.82, 2.24) is 0 Å². The first-order valence-corrected chi connectivity index (χ1v) is 0.943. The topological polar surface area (TPSA) is 92.2 Å². The van der Waals surface area contributed by atoms with E-state index in [0.717, 1.165) is 0 Å². The summed E-state index contributed by atoms with van der Waals surface area (Å²) in [6.07, 6.45) is 0.